The molecule has 0 aliphatic carbocycles. The summed E-state index contributed by atoms with van der Waals surface area (Å²) in [6.07, 6.45) is 2.58. The molecule has 0 saturated carbocycles. The van der Waals surface area contributed by atoms with E-state index in [-0.39, 0.29) is 0 Å². The van der Waals surface area contributed by atoms with Gasteiger partial charge in [0.05, 0.1) is 13.2 Å². The van der Waals surface area contributed by atoms with Crippen LogP contribution in [0.4, 0.5) is 0 Å². The summed E-state index contributed by atoms with van der Waals surface area (Å²) in [5, 5.41) is 3.58. The highest BCUT2D eigenvalue weighted by Crippen LogP contribution is 2.15. The summed E-state index contributed by atoms with van der Waals surface area (Å²) in [4.78, 5) is 2.49. The van der Waals surface area contributed by atoms with Crippen LogP contribution in [0.5, 0.6) is 0 Å². The average molecular weight is 292 g/mol. The van der Waals surface area contributed by atoms with Gasteiger partial charge in [-0.1, -0.05) is 24.3 Å². The van der Waals surface area contributed by atoms with Crippen molar-refractivity contribution >= 4 is 0 Å². The van der Waals surface area contributed by atoms with E-state index in [1.54, 1.807) is 14.2 Å². The molecule has 1 fully saturated rings. The molecule has 0 aromatic heterocycles. The van der Waals surface area contributed by atoms with Crippen LogP contribution in [0.15, 0.2) is 24.3 Å². The number of nitrogens with zero attached hydrogens (tertiary/aromatic N) is 1. The van der Waals surface area contributed by atoms with Crippen LogP contribution >= 0.6 is 0 Å². The summed E-state index contributed by atoms with van der Waals surface area (Å²) < 4.78 is 10.6. The monoisotopic (exact) mass is 292 g/mol. The Hall–Kier alpha value is -0.940. The van der Waals surface area contributed by atoms with Crippen molar-refractivity contribution in [2.45, 2.75) is 32.0 Å². The molecule has 1 aliphatic heterocycles. The molecule has 21 heavy (non-hydrogen) atoms. The molecule has 1 aromatic carbocycles. The molecule has 1 atom stereocenters. The molecule has 1 N–H and O–H groups in total. The highest BCUT2D eigenvalue weighted by Gasteiger charge is 2.18. The van der Waals surface area contributed by atoms with Gasteiger partial charge in [0.25, 0.3) is 0 Å². The number of rotatable bonds is 9. The highest BCUT2D eigenvalue weighted by molar-refractivity contribution is 5.26. The topological polar surface area (TPSA) is 33.7 Å². The summed E-state index contributed by atoms with van der Waals surface area (Å²) in [6, 6.07) is 9.17. The normalized spacial score (nSPS) is 18.5. The van der Waals surface area contributed by atoms with E-state index in [4.69, 9.17) is 9.47 Å². The molecule has 1 saturated heterocycles. The fourth-order valence-electron chi connectivity index (χ4n) is 2.93. The van der Waals surface area contributed by atoms with Crippen molar-refractivity contribution in [2.75, 3.05) is 40.5 Å². The van der Waals surface area contributed by atoms with Gasteiger partial charge in [-0.05, 0) is 30.5 Å². The maximum absolute atomic E-state index is 5.31. The first-order valence-corrected chi connectivity index (χ1v) is 7.84. The predicted octanol–water partition coefficient (Wildman–Crippen LogP) is 2.03. The van der Waals surface area contributed by atoms with Crippen LogP contribution in [0.2, 0.25) is 0 Å². The number of hydrogen-bond donors (Lipinski definition) is 1. The van der Waals surface area contributed by atoms with Crippen LogP contribution in [0.3, 0.4) is 0 Å². The van der Waals surface area contributed by atoms with Gasteiger partial charge in [-0.3, -0.25) is 4.90 Å². The van der Waals surface area contributed by atoms with Gasteiger partial charge in [-0.15, -0.1) is 0 Å². The van der Waals surface area contributed by atoms with Crippen LogP contribution < -0.4 is 5.32 Å². The molecule has 1 heterocycles. The third-order valence-electron chi connectivity index (χ3n) is 4.06. The minimum absolute atomic E-state index is 0.622. The van der Waals surface area contributed by atoms with E-state index in [0.29, 0.717) is 12.6 Å². The third-order valence-corrected chi connectivity index (χ3v) is 4.06. The smallest absolute Gasteiger partial charge is 0.0716 e. The lowest BCUT2D eigenvalue weighted by Crippen LogP contribution is -2.39. The van der Waals surface area contributed by atoms with E-state index in [2.05, 4.69) is 34.5 Å². The van der Waals surface area contributed by atoms with Crippen molar-refractivity contribution in [3.8, 4) is 0 Å². The average Bonchev–Trinajstić information content (AvgIpc) is 3.00. The Labute approximate surface area is 128 Å². The first-order valence-electron chi connectivity index (χ1n) is 7.84. The molecule has 1 aliphatic rings. The van der Waals surface area contributed by atoms with Crippen LogP contribution in [0, 0.1) is 0 Å². The summed E-state index contributed by atoms with van der Waals surface area (Å²) >= 11 is 0. The molecule has 4 nitrogen and oxygen atoms in total. The van der Waals surface area contributed by atoms with Gasteiger partial charge in [0.1, 0.15) is 0 Å². The molecule has 0 spiro atoms. The minimum atomic E-state index is 0.622. The molecule has 118 valence electrons. The molecule has 0 bridgehead atoms. The number of methoxy groups -OCH3 is 2. The molecule has 1 aromatic rings. The van der Waals surface area contributed by atoms with Crippen LogP contribution in [-0.2, 0) is 22.6 Å². The molecule has 4 heteroatoms. The van der Waals surface area contributed by atoms with E-state index in [1.165, 1.54) is 24.0 Å². The van der Waals surface area contributed by atoms with Gasteiger partial charge in [-0.2, -0.15) is 0 Å². The lowest BCUT2D eigenvalue weighted by atomic mass is 10.1. The van der Waals surface area contributed by atoms with Crippen LogP contribution in [-0.4, -0.2) is 51.4 Å². The van der Waals surface area contributed by atoms with Gasteiger partial charge in [0.2, 0.25) is 0 Å². The zero-order valence-electron chi connectivity index (χ0n) is 13.3. The van der Waals surface area contributed by atoms with Crippen molar-refractivity contribution in [2.24, 2.45) is 0 Å². The molecular formula is C17H28N2O2. The highest BCUT2D eigenvalue weighted by atomic mass is 16.5. The maximum Gasteiger partial charge on any atom is 0.0716 e. The Morgan fingerprint density at radius 1 is 1.19 bits per heavy atom. The van der Waals surface area contributed by atoms with E-state index in [0.717, 1.165) is 32.8 Å². The quantitative estimate of drug-likeness (QED) is 0.755. The van der Waals surface area contributed by atoms with E-state index in [1.807, 2.05) is 0 Å². The lowest BCUT2D eigenvalue weighted by molar-refractivity contribution is 0.136. The van der Waals surface area contributed by atoms with Gasteiger partial charge in [-0.25, -0.2) is 0 Å². The predicted molar refractivity (Wildman–Crippen MR) is 85.3 cm³/mol. The Morgan fingerprint density at radius 3 is 2.67 bits per heavy atom. The van der Waals surface area contributed by atoms with Crippen molar-refractivity contribution < 1.29 is 9.47 Å². The van der Waals surface area contributed by atoms with E-state index in [9.17, 15) is 0 Å². The van der Waals surface area contributed by atoms with Crippen molar-refractivity contribution in [1.82, 2.24) is 10.2 Å². The second-order valence-electron chi connectivity index (χ2n) is 5.72. The standard InChI is InChI=1S/C17H28N2O2/c1-20-11-10-19(13-17-8-5-9-18-17)12-15-6-3-4-7-16(15)14-21-2/h3-4,6-7,17-18H,5,8-14H2,1-2H3. The molecular weight excluding hydrogens is 264 g/mol. The Balaban J connectivity index is 1.99. The van der Waals surface area contributed by atoms with Crippen LogP contribution in [0.1, 0.15) is 24.0 Å². The van der Waals surface area contributed by atoms with Crippen molar-refractivity contribution in [3.05, 3.63) is 35.4 Å². The fourth-order valence-corrected chi connectivity index (χ4v) is 2.93. The van der Waals surface area contributed by atoms with Crippen LogP contribution in [0.25, 0.3) is 0 Å². The zero-order chi connectivity index (χ0) is 14.9. The third kappa shape index (κ3) is 5.40. The summed E-state index contributed by atoms with van der Waals surface area (Å²) in [5.74, 6) is 0. The maximum atomic E-state index is 5.31. The van der Waals surface area contributed by atoms with E-state index < -0.39 is 0 Å². The van der Waals surface area contributed by atoms with Gasteiger partial charge < -0.3 is 14.8 Å². The van der Waals surface area contributed by atoms with E-state index >= 15 is 0 Å². The summed E-state index contributed by atoms with van der Waals surface area (Å²) in [6.45, 7) is 5.62. The summed E-state index contributed by atoms with van der Waals surface area (Å²) in [7, 11) is 3.52. The van der Waals surface area contributed by atoms with Crippen molar-refractivity contribution in [3.63, 3.8) is 0 Å². The molecule has 0 amide bonds. The second kappa shape index (κ2) is 9.15. The SMILES string of the molecule is COCCN(Cc1ccccc1COC)CC1CCCN1. The van der Waals surface area contributed by atoms with Gasteiger partial charge in [0, 0.05) is 39.9 Å². The first-order chi connectivity index (χ1) is 10.3. The number of benzene rings is 1. The Kier molecular flexibility index (Phi) is 7.16. The largest absolute Gasteiger partial charge is 0.383 e. The van der Waals surface area contributed by atoms with Gasteiger partial charge in [0.15, 0.2) is 0 Å². The first kappa shape index (κ1) is 16.4. The number of hydrogen-bond acceptors (Lipinski definition) is 4. The molecule has 1 unspecified atom stereocenters. The Morgan fingerprint density at radius 2 is 2.00 bits per heavy atom. The number of ether oxygens (including phenoxy) is 2. The molecule has 0 radical (unpaired) electrons. The minimum Gasteiger partial charge on any atom is -0.383 e. The summed E-state index contributed by atoms with van der Waals surface area (Å²) in [5.41, 5.74) is 2.63. The van der Waals surface area contributed by atoms with Gasteiger partial charge >= 0.3 is 0 Å². The van der Waals surface area contributed by atoms with Crippen molar-refractivity contribution in [1.29, 1.82) is 0 Å². The molecule has 2 rings (SSSR count). The second-order valence-corrected chi connectivity index (χ2v) is 5.72. The Bertz CT molecular complexity index is 406. The zero-order valence-corrected chi connectivity index (χ0v) is 13.3. The number of nitrogens with one attached hydrogen (secondary N) is 1. The fraction of sp³-hybridized carbons (Fsp3) is 0.647. The lowest BCUT2D eigenvalue weighted by Gasteiger charge is -2.26.